The lowest BCUT2D eigenvalue weighted by molar-refractivity contribution is 0.0532. The van der Waals surface area contributed by atoms with Gasteiger partial charge in [-0.1, -0.05) is 13.8 Å². The van der Waals surface area contributed by atoms with Crippen LogP contribution in [-0.2, 0) is 4.74 Å². The summed E-state index contributed by atoms with van der Waals surface area (Å²) in [4.78, 5) is 16.7. The van der Waals surface area contributed by atoms with Gasteiger partial charge in [0.2, 0.25) is 0 Å². The van der Waals surface area contributed by atoms with Gasteiger partial charge in [-0.25, -0.2) is 9.78 Å². The third kappa shape index (κ3) is 3.78. The lowest BCUT2D eigenvalue weighted by Gasteiger charge is -2.12. The largest absolute Gasteiger partial charge is 0.462 e. The van der Waals surface area contributed by atoms with Crippen LogP contribution in [0.5, 0.6) is 0 Å². The predicted octanol–water partition coefficient (Wildman–Crippen LogP) is 4.25. The minimum atomic E-state index is -0.233. The molecule has 3 nitrogen and oxygen atoms in total. The highest BCUT2D eigenvalue weighted by Crippen LogP contribution is 2.42. The van der Waals surface area contributed by atoms with E-state index in [1.807, 2.05) is 6.92 Å². The van der Waals surface area contributed by atoms with Crippen LogP contribution >= 0.6 is 11.3 Å². The maximum Gasteiger partial charge on any atom is 0.349 e. The Morgan fingerprint density at radius 1 is 1.53 bits per heavy atom. The van der Waals surface area contributed by atoms with Crippen LogP contribution in [0, 0.1) is 11.8 Å². The second-order valence-corrected chi connectivity index (χ2v) is 6.85. The van der Waals surface area contributed by atoms with Gasteiger partial charge in [-0.15, -0.1) is 11.3 Å². The lowest BCUT2D eigenvalue weighted by Crippen LogP contribution is -2.01. The Morgan fingerprint density at radius 3 is 3.00 bits per heavy atom. The minimum absolute atomic E-state index is 0.233. The molecule has 2 atom stereocenters. The summed E-state index contributed by atoms with van der Waals surface area (Å²) in [5.41, 5.74) is 0. The van der Waals surface area contributed by atoms with Crippen LogP contribution in [0.25, 0.3) is 0 Å². The van der Waals surface area contributed by atoms with Crippen LogP contribution in [-0.4, -0.2) is 17.6 Å². The summed E-state index contributed by atoms with van der Waals surface area (Å²) in [6, 6.07) is 0. The predicted molar refractivity (Wildman–Crippen MR) is 77.6 cm³/mol. The van der Waals surface area contributed by atoms with Gasteiger partial charge in [0.1, 0.15) is 4.88 Å². The number of ether oxygens (including phenoxy) is 1. The quantitative estimate of drug-likeness (QED) is 0.757. The molecule has 1 fully saturated rings. The number of rotatable bonds is 5. The average molecular weight is 281 g/mol. The Hall–Kier alpha value is -0.900. The zero-order valence-corrected chi connectivity index (χ0v) is 12.8. The Kier molecular flexibility index (Phi) is 4.97. The van der Waals surface area contributed by atoms with Gasteiger partial charge in [0, 0.05) is 5.92 Å². The number of aromatic nitrogens is 1. The molecule has 1 aliphatic rings. The SMILES string of the molecule is CCOC(=O)c1cnc(C2CCC(CC(C)C)C2)s1. The molecule has 0 N–H and O–H groups in total. The molecular weight excluding hydrogens is 258 g/mol. The standard InChI is InChI=1S/C15H23NO2S/c1-4-18-15(17)13-9-16-14(19-13)12-6-5-11(8-12)7-10(2)3/h9-12H,4-8H2,1-3H3. The minimum Gasteiger partial charge on any atom is -0.462 e. The van der Waals surface area contributed by atoms with Crippen LogP contribution in [0.4, 0.5) is 0 Å². The summed E-state index contributed by atoms with van der Waals surface area (Å²) in [5, 5.41) is 1.12. The third-order valence-corrected chi connectivity index (χ3v) is 4.84. The average Bonchev–Trinajstić information content (AvgIpc) is 2.96. The molecule has 2 unspecified atom stereocenters. The van der Waals surface area contributed by atoms with Gasteiger partial charge in [-0.05, 0) is 44.4 Å². The smallest absolute Gasteiger partial charge is 0.349 e. The first-order valence-electron chi connectivity index (χ1n) is 7.23. The van der Waals surface area contributed by atoms with Crippen molar-refractivity contribution in [2.45, 2.75) is 52.4 Å². The van der Waals surface area contributed by atoms with Crippen molar-refractivity contribution in [1.82, 2.24) is 4.98 Å². The summed E-state index contributed by atoms with van der Waals surface area (Å²) >= 11 is 1.51. The Bertz CT molecular complexity index is 428. The van der Waals surface area contributed by atoms with Gasteiger partial charge >= 0.3 is 5.97 Å². The monoisotopic (exact) mass is 281 g/mol. The molecule has 1 aliphatic carbocycles. The van der Waals surface area contributed by atoms with Gasteiger partial charge in [-0.2, -0.15) is 0 Å². The molecule has 2 rings (SSSR count). The second-order valence-electron chi connectivity index (χ2n) is 5.79. The summed E-state index contributed by atoms with van der Waals surface area (Å²) in [6.07, 6.45) is 6.73. The highest BCUT2D eigenvalue weighted by Gasteiger charge is 2.28. The van der Waals surface area contributed by atoms with Crippen molar-refractivity contribution in [2.75, 3.05) is 6.61 Å². The Balaban J connectivity index is 1.94. The van der Waals surface area contributed by atoms with E-state index >= 15 is 0 Å². The van der Waals surface area contributed by atoms with Crippen molar-refractivity contribution in [2.24, 2.45) is 11.8 Å². The van der Waals surface area contributed by atoms with Crippen LogP contribution in [0.15, 0.2) is 6.20 Å². The molecule has 0 spiro atoms. The van der Waals surface area contributed by atoms with E-state index in [2.05, 4.69) is 18.8 Å². The van der Waals surface area contributed by atoms with Crippen LogP contribution in [0.1, 0.15) is 67.1 Å². The van der Waals surface area contributed by atoms with Crippen LogP contribution < -0.4 is 0 Å². The van der Waals surface area contributed by atoms with Crippen LogP contribution in [0.2, 0.25) is 0 Å². The first kappa shape index (κ1) is 14.5. The van der Waals surface area contributed by atoms with E-state index in [9.17, 15) is 4.79 Å². The fourth-order valence-electron chi connectivity index (χ4n) is 2.95. The summed E-state index contributed by atoms with van der Waals surface area (Å²) in [7, 11) is 0. The third-order valence-electron chi connectivity index (χ3n) is 3.70. The fraction of sp³-hybridized carbons (Fsp3) is 0.733. The van der Waals surface area contributed by atoms with Crippen molar-refractivity contribution < 1.29 is 9.53 Å². The molecule has 1 saturated carbocycles. The van der Waals surface area contributed by atoms with Gasteiger partial charge in [0.25, 0.3) is 0 Å². The van der Waals surface area contributed by atoms with Gasteiger partial charge in [0.15, 0.2) is 0 Å². The highest BCUT2D eigenvalue weighted by atomic mass is 32.1. The molecule has 4 heteroatoms. The number of thiazole rings is 1. The fourth-order valence-corrected chi connectivity index (χ4v) is 3.91. The highest BCUT2D eigenvalue weighted by molar-refractivity contribution is 7.13. The molecule has 0 aromatic carbocycles. The van der Waals surface area contributed by atoms with E-state index < -0.39 is 0 Å². The molecule has 1 heterocycles. The molecular formula is C15H23NO2S. The first-order valence-corrected chi connectivity index (χ1v) is 8.04. The molecule has 0 aliphatic heterocycles. The zero-order valence-electron chi connectivity index (χ0n) is 12.0. The van der Waals surface area contributed by atoms with E-state index in [4.69, 9.17) is 4.74 Å². The molecule has 106 valence electrons. The summed E-state index contributed by atoms with van der Waals surface area (Å²) in [6.45, 7) is 6.82. The number of hydrogen-bond acceptors (Lipinski definition) is 4. The first-order chi connectivity index (χ1) is 9.10. The van der Waals surface area contributed by atoms with Crippen molar-refractivity contribution >= 4 is 17.3 Å². The number of hydrogen-bond donors (Lipinski definition) is 0. The van der Waals surface area contributed by atoms with Crippen molar-refractivity contribution in [3.63, 3.8) is 0 Å². The summed E-state index contributed by atoms with van der Waals surface area (Å²) < 4.78 is 5.01. The van der Waals surface area contributed by atoms with E-state index in [0.717, 1.165) is 16.8 Å². The van der Waals surface area contributed by atoms with Crippen molar-refractivity contribution in [3.05, 3.63) is 16.1 Å². The molecule has 0 saturated heterocycles. The van der Waals surface area contributed by atoms with E-state index in [1.54, 1.807) is 6.20 Å². The molecule has 19 heavy (non-hydrogen) atoms. The Morgan fingerprint density at radius 2 is 2.32 bits per heavy atom. The number of nitrogens with zero attached hydrogens (tertiary/aromatic N) is 1. The van der Waals surface area contributed by atoms with E-state index in [-0.39, 0.29) is 5.97 Å². The maximum atomic E-state index is 11.6. The van der Waals surface area contributed by atoms with Gasteiger partial charge in [0.05, 0.1) is 17.8 Å². The molecule has 0 radical (unpaired) electrons. The maximum absolute atomic E-state index is 11.6. The number of esters is 1. The van der Waals surface area contributed by atoms with Gasteiger partial charge in [-0.3, -0.25) is 0 Å². The molecule has 0 bridgehead atoms. The van der Waals surface area contributed by atoms with Crippen molar-refractivity contribution in [1.29, 1.82) is 0 Å². The van der Waals surface area contributed by atoms with E-state index in [0.29, 0.717) is 17.4 Å². The topological polar surface area (TPSA) is 39.2 Å². The molecule has 1 aromatic rings. The lowest BCUT2D eigenvalue weighted by atomic mass is 9.95. The summed E-state index contributed by atoms with van der Waals surface area (Å²) in [5.74, 6) is 1.93. The van der Waals surface area contributed by atoms with Gasteiger partial charge < -0.3 is 4.74 Å². The van der Waals surface area contributed by atoms with Crippen molar-refractivity contribution in [3.8, 4) is 0 Å². The molecule has 0 amide bonds. The second kappa shape index (κ2) is 6.51. The number of carbonyl (C=O) groups is 1. The normalized spacial score (nSPS) is 22.9. The van der Waals surface area contributed by atoms with E-state index in [1.165, 1.54) is 37.0 Å². The van der Waals surface area contributed by atoms with Crippen LogP contribution in [0.3, 0.4) is 0 Å². The number of carbonyl (C=O) groups excluding carboxylic acids is 1. The zero-order chi connectivity index (χ0) is 13.8. The Labute approximate surface area is 119 Å². The molecule has 1 aromatic heterocycles.